The summed E-state index contributed by atoms with van der Waals surface area (Å²) >= 11 is 0. The summed E-state index contributed by atoms with van der Waals surface area (Å²) in [7, 11) is 0. The summed E-state index contributed by atoms with van der Waals surface area (Å²) < 4.78 is 15.8. The Kier molecular flexibility index (Phi) is 6.21. The van der Waals surface area contributed by atoms with E-state index in [1.54, 1.807) is 31.2 Å². The Labute approximate surface area is 129 Å². The Morgan fingerprint density at radius 2 is 2.09 bits per heavy atom. The van der Waals surface area contributed by atoms with Crippen LogP contribution < -0.4 is 10.1 Å². The molecule has 1 fully saturated rings. The predicted octanol–water partition coefficient (Wildman–Crippen LogP) is 2.14. The van der Waals surface area contributed by atoms with Gasteiger partial charge in [0.1, 0.15) is 18.8 Å². The second-order valence-corrected chi connectivity index (χ2v) is 5.00. The van der Waals surface area contributed by atoms with Crippen molar-refractivity contribution in [1.82, 2.24) is 0 Å². The molecule has 1 aliphatic heterocycles. The molecule has 1 heterocycles. The van der Waals surface area contributed by atoms with Crippen LogP contribution in [0.3, 0.4) is 0 Å². The van der Waals surface area contributed by atoms with E-state index in [0.717, 1.165) is 25.2 Å². The lowest BCUT2D eigenvalue weighted by atomic mass is 10.2. The molecule has 6 nitrogen and oxygen atoms in total. The average Bonchev–Trinajstić information content (AvgIpc) is 3.00. The summed E-state index contributed by atoms with van der Waals surface area (Å²) in [5, 5.41) is 2.64. The van der Waals surface area contributed by atoms with Crippen molar-refractivity contribution in [2.45, 2.75) is 32.3 Å². The van der Waals surface area contributed by atoms with Crippen molar-refractivity contribution in [2.75, 3.05) is 25.1 Å². The van der Waals surface area contributed by atoms with E-state index in [1.165, 1.54) is 0 Å². The third kappa shape index (κ3) is 5.37. The number of esters is 1. The number of nitrogens with one attached hydrogen (secondary N) is 1. The number of amides is 1. The maximum atomic E-state index is 11.6. The molecule has 1 unspecified atom stereocenters. The van der Waals surface area contributed by atoms with Crippen LogP contribution in [0.1, 0.15) is 26.2 Å². The first-order valence-electron chi connectivity index (χ1n) is 7.47. The summed E-state index contributed by atoms with van der Waals surface area (Å²) in [4.78, 5) is 22.8. The molecule has 0 radical (unpaired) electrons. The fourth-order valence-electron chi connectivity index (χ4n) is 2.15. The van der Waals surface area contributed by atoms with E-state index in [4.69, 9.17) is 14.2 Å². The minimum atomic E-state index is -0.531. The fourth-order valence-corrected chi connectivity index (χ4v) is 2.15. The van der Waals surface area contributed by atoms with Crippen LogP contribution in [0.25, 0.3) is 0 Å². The number of hydrogen-bond acceptors (Lipinski definition) is 5. The van der Waals surface area contributed by atoms with Gasteiger partial charge in [-0.15, -0.1) is 0 Å². The minimum absolute atomic E-state index is 0.170. The Morgan fingerprint density at radius 1 is 1.32 bits per heavy atom. The Hall–Kier alpha value is -2.08. The second-order valence-electron chi connectivity index (χ2n) is 5.00. The van der Waals surface area contributed by atoms with Gasteiger partial charge < -0.3 is 19.5 Å². The number of rotatable bonds is 7. The molecule has 1 saturated heterocycles. The number of carbonyl (C=O) groups is 2. The van der Waals surface area contributed by atoms with Gasteiger partial charge in [0.05, 0.1) is 12.7 Å². The van der Waals surface area contributed by atoms with Gasteiger partial charge in [0.25, 0.3) is 0 Å². The van der Waals surface area contributed by atoms with Gasteiger partial charge in [0.2, 0.25) is 5.91 Å². The van der Waals surface area contributed by atoms with Gasteiger partial charge in [-0.1, -0.05) is 0 Å². The van der Waals surface area contributed by atoms with Crippen LogP contribution in [-0.4, -0.2) is 37.8 Å². The fraction of sp³-hybridized carbons (Fsp3) is 0.500. The Morgan fingerprint density at radius 3 is 2.73 bits per heavy atom. The maximum Gasteiger partial charge on any atom is 0.315 e. The molecule has 0 aromatic heterocycles. The zero-order chi connectivity index (χ0) is 15.8. The highest BCUT2D eigenvalue weighted by Crippen LogP contribution is 2.18. The van der Waals surface area contributed by atoms with Crippen molar-refractivity contribution >= 4 is 17.6 Å². The summed E-state index contributed by atoms with van der Waals surface area (Å²) in [5.41, 5.74) is 0.610. The highest BCUT2D eigenvalue weighted by atomic mass is 16.5. The van der Waals surface area contributed by atoms with Gasteiger partial charge in [0.15, 0.2) is 0 Å². The molecule has 0 spiro atoms. The van der Waals surface area contributed by atoms with Crippen LogP contribution in [-0.2, 0) is 19.1 Å². The van der Waals surface area contributed by atoms with Crippen molar-refractivity contribution in [2.24, 2.45) is 0 Å². The van der Waals surface area contributed by atoms with E-state index in [9.17, 15) is 9.59 Å². The van der Waals surface area contributed by atoms with Crippen LogP contribution >= 0.6 is 0 Å². The van der Waals surface area contributed by atoms with Crippen molar-refractivity contribution in [3.63, 3.8) is 0 Å². The van der Waals surface area contributed by atoms with Crippen LogP contribution in [0.2, 0.25) is 0 Å². The normalized spacial score (nSPS) is 17.0. The van der Waals surface area contributed by atoms with Crippen molar-refractivity contribution < 1.29 is 23.8 Å². The Balaban J connectivity index is 1.75. The zero-order valence-electron chi connectivity index (χ0n) is 12.7. The Bertz CT molecular complexity index is 494. The summed E-state index contributed by atoms with van der Waals surface area (Å²) in [6.07, 6.45) is 2.00. The molecule has 1 aromatic carbocycles. The maximum absolute atomic E-state index is 11.6. The smallest absolute Gasteiger partial charge is 0.315 e. The molecule has 1 amide bonds. The van der Waals surface area contributed by atoms with Crippen LogP contribution in [0.15, 0.2) is 24.3 Å². The third-order valence-corrected chi connectivity index (χ3v) is 3.21. The molecular formula is C16H21NO5. The SMILES string of the molecule is CCOC(=O)CC(=O)Nc1ccc(OCC2CCCO2)cc1. The van der Waals surface area contributed by atoms with Gasteiger partial charge in [-0.2, -0.15) is 0 Å². The molecule has 22 heavy (non-hydrogen) atoms. The predicted molar refractivity (Wildman–Crippen MR) is 80.8 cm³/mol. The van der Waals surface area contributed by atoms with Crippen molar-refractivity contribution in [3.05, 3.63) is 24.3 Å². The van der Waals surface area contributed by atoms with Crippen LogP contribution in [0, 0.1) is 0 Å². The summed E-state index contributed by atoms with van der Waals surface area (Å²) in [6, 6.07) is 7.01. The highest BCUT2D eigenvalue weighted by Gasteiger charge is 2.16. The van der Waals surface area contributed by atoms with Crippen molar-refractivity contribution in [1.29, 1.82) is 0 Å². The van der Waals surface area contributed by atoms with E-state index >= 15 is 0 Å². The van der Waals surface area contributed by atoms with Crippen LogP contribution in [0.5, 0.6) is 5.75 Å². The minimum Gasteiger partial charge on any atom is -0.491 e. The van der Waals surface area contributed by atoms with Gasteiger partial charge in [-0.3, -0.25) is 9.59 Å². The lowest BCUT2D eigenvalue weighted by Crippen LogP contribution is -2.18. The second kappa shape index (κ2) is 8.38. The van der Waals surface area contributed by atoms with E-state index in [0.29, 0.717) is 12.3 Å². The number of carbonyl (C=O) groups excluding carboxylic acids is 2. The molecule has 1 N–H and O–H groups in total. The van der Waals surface area contributed by atoms with E-state index in [-0.39, 0.29) is 19.1 Å². The van der Waals surface area contributed by atoms with Crippen LogP contribution in [0.4, 0.5) is 5.69 Å². The number of hydrogen-bond donors (Lipinski definition) is 1. The monoisotopic (exact) mass is 307 g/mol. The molecule has 1 aliphatic rings. The molecule has 0 saturated carbocycles. The first-order chi connectivity index (χ1) is 10.7. The zero-order valence-corrected chi connectivity index (χ0v) is 12.7. The molecule has 0 aliphatic carbocycles. The number of ether oxygens (including phenoxy) is 3. The molecule has 1 atom stereocenters. The molecule has 0 bridgehead atoms. The average molecular weight is 307 g/mol. The lowest BCUT2D eigenvalue weighted by molar-refractivity contribution is -0.145. The van der Waals surface area contributed by atoms with E-state index < -0.39 is 11.9 Å². The topological polar surface area (TPSA) is 73.9 Å². The number of anilines is 1. The molecular weight excluding hydrogens is 286 g/mol. The van der Waals surface area contributed by atoms with Crippen molar-refractivity contribution in [3.8, 4) is 5.75 Å². The summed E-state index contributed by atoms with van der Waals surface area (Å²) in [6.45, 7) is 3.31. The van der Waals surface area contributed by atoms with Gasteiger partial charge in [-0.25, -0.2) is 0 Å². The van der Waals surface area contributed by atoms with Gasteiger partial charge in [0, 0.05) is 12.3 Å². The highest BCUT2D eigenvalue weighted by molar-refractivity contribution is 6.01. The lowest BCUT2D eigenvalue weighted by Gasteiger charge is -2.12. The summed E-state index contributed by atoms with van der Waals surface area (Å²) in [5.74, 6) is -0.207. The molecule has 1 aromatic rings. The van der Waals surface area contributed by atoms with Gasteiger partial charge in [-0.05, 0) is 44.0 Å². The molecule has 120 valence electrons. The first kappa shape index (κ1) is 16.3. The third-order valence-electron chi connectivity index (χ3n) is 3.21. The first-order valence-corrected chi connectivity index (χ1v) is 7.47. The number of benzene rings is 1. The van der Waals surface area contributed by atoms with Gasteiger partial charge >= 0.3 is 5.97 Å². The standard InChI is InChI=1S/C16H21NO5/c1-2-20-16(19)10-15(18)17-12-5-7-13(8-6-12)22-11-14-4-3-9-21-14/h5-8,14H,2-4,9-11H2,1H3,(H,17,18). The largest absolute Gasteiger partial charge is 0.491 e. The quantitative estimate of drug-likeness (QED) is 0.617. The van der Waals surface area contributed by atoms with E-state index in [1.807, 2.05) is 0 Å². The molecule has 2 rings (SSSR count). The molecule has 6 heteroatoms. The van der Waals surface area contributed by atoms with E-state index in [2.05, 4.69) is 5.32 Å².